The lowest BCUT2D eigenvalue weighted by molar-refractivity contribution is 0.0952. The van der Waals surface area contributed by atoms with Crippen LogP contribution in [0.1, 0.15) is 29.6 Å². The second-order valence-corrected chi connectivity index (χ2v) is 9.42. The number of aryl methyl sites for hydroxylation is 1. The van der Waals surface area contributed by atoms with Gasteiger partial charge in [0.05, 0.1) is 24.5 Å². The van der Waals surface area contributed by atoms with E-state index in [0.29, 0.717) is 25.2 Å². The lowest BCUT2D eigenvalue weighted by atomic mass is 10.2. The fourth-order valence-electron chi connectivity index (χ4n) is 3.83. The number of carbonyl (C=O) groups is 1. The molecule has 31 heavy (non-hydrogen) atoms. The summed E-state index contributed by atoms with van der Waals surface area (Å²) in [5.41, 5.74) is 2.30. The number of benzene rings is 2. The van der Waals surface area contributed by atoms with Gasteiger partial charge in [0.25, 0.3) is 5.91 Å². The summed E-state index contributed by atoms with van der Waals surface area (Å²) in [6, 6.07) is 12.4. The molecule has 0 radical (unpaired) electrons. The van der Waals surface area contributed by atoms with E-state index in [2.05, 4.69) is 14.9 Å². The summed E-state index contributed by atoms with van der Waals surface area (Å²) in [5.74, 6) is -0.0635. The van der Waals surface area contributed by atoms with E-state index in [1.807, 2.05) is 24.3 Å². The molecule has 9 heteroatoms. The Morgan fingerprint density at radius 2 is 1.94 bits per heavy atom. The number of hydrogen-bond acceptors (Lipinski definition) is 5. The third kappa shape index (κ3) is 4.42. The Labute approximate surface area is 181 Å². The van der Waals surface area contributed by atoms with Crippen molar-refractivity contribution in [3.05, 3.63) is 54.4 Å². The first kappa shape index (κ1) is 21.3. The monoisotopic (exact) mass is 442 g/mol. The predicted molar refractivity (Wildman–Crippen MR) is 118 cm³/mol. The number of sulfonamides is 1. The number of ether oxygens (including phenoxy) is 1. The highest BCUT2D eigenvalue weighted by Gasteiger charge is 2.30. The van der Waals surface area contributed by atoms with Crippen molar-refractivity contribution in [1.82, 2.24) is 19.2 Å². The molecule has 0 saturated carbocycles. The maximum absolute atomic E-state index is 13.0. The summed E-state index contributed by atoms with van der Waals surface area (Å²) in [6.45, 7) is 2.17. The molecule has 3 aromatic rings. The van der Waals surface area contributed by atoms with Gasteiger partial charge in [-0.2, -0.15) is 4.31 Å². The number of para-hydroxylation sites is 2. The second-order valence-electron chi connectivity index (χ2n) is 7.51. The van der Waals surface area contributed by atoms with Crippen LogP contribution >= 0.6 is 0 Å². The van der Waals surface area contributed by atoms with E-state index in [-0.39, 0.29) is 16.6 Å². The minimum absolute atomic E-state index is 0.0365. The molecule has 1 aromatic heterocycles. The summed E-state index contributed by atoms with van der Waals surface area (Å²) in [7, 11) is -2.27. The number of carbonyl (C=O) groups excluding carboxylic acids is 1. The minimum Gasteiger partial charge on any atom is -0.495 e. The smallest absolute Gasteiger partial charge is 0.251 e. The third-order valence-corrected chi connectivity index (χ3v) is 7.42. The highest BCUT2D eigenvalue weighted by molar-refractivity contribution is 7.89. The molecule has 1 N–H and O–H groups in total. The van der Waals surface area contributed by atoms with Gasteiger partial charge in [-0.1, -0.05) is 12.1 Å². The largest absolute Gasteiger partial charge is 0.495 e. The number of nitrogens with one attached hydrogen (secondary N) is 1. The molecule has 1 saturated heterocycles. The van der Waals surface area contributed by atoms with Crippen molar-refractivity contribution in [3.63, 3.8) is 0 Å². The van der Waals surface area contributed by atoms with Crippen LogP contribution in [0.25, 0.3) is 11.0 Å². The van der Waals surface area contributed by atoms with Gasteiger partial charge in [-0.3, -0.25) is 4.79 Å². The summed E-state index contributed by atoms with van der Waals surface area (Å²) >= 11 is 0. The molecule has 1 fully saturated rings. The normalized spacial score (nSPS) is 14.7. The fourth-order valence-corrected chi connectivity index (χ4v) is 5.53. The number of aromatic nitrogens is 2. The van der Waals surface area contributed by atoms with Gasteiger partial charge < -0.3 is 14.6 Å². The SMILES string of the molecule is COc1ccc(C(=O)NCCCn2cnc3ccccc32)cc1S(=O)(=O)N1CCCC1. The van der Waals surface area contributed by atoms with Gasteiger partial charge in [0.15, 0.2) is 0 Å². The Morgan fingerprint density at radius 1 is 1.16 bits per heavy atom. The Hall–Kier alpha value is -2.91. The van der Waals surface area contributed by atoms with Crippen molar-refractivity contribution >= 4 is 27.0 Å². The zero-order valence-corrected chi connectivity index (χ0v) is 18.3. The highest BCUT2D eigenvalue weighted by Crippen LogP contribution is 2.29. The van der Waals surface area contributed by atoms with Gasteiger partial charge in [0.2, 0.25) is 10.0 Å². The van der Waals surface area contributed by atoms with Crippen molar-refractivity contribution in [1.29, 1.82) is 0 Å². The number of imidazole rings is 1. The van der Waals surface area contributed by atoms with Crippen molar-refractivity contribution in [2.45, 2.75) is 30.7 Å². The van der Waals surface area contributed by atoms with Crippen LogP contribution in [-0.2, 0) is 16.6 Å². The maximum atomic E-state index is 13.0. The van der Waals surface area contributed by atoms with Crippen LogP contribution in [0.3, 0.4) is 0 Å². The number of fused-ring (bicyclic) bond motifs is 1. The van der Waals surface area contributed by atoms with E-state index in [0.717, 1.165) is 36.8 Å². The maximum Gasteiger partial charge on any atom is 0.251 e. The average Bonchev–Trinajstić information content (AvgIpc) is 3.47. The second kappa shape index (κ2) is 9.07. The molecule has 164 valence electrons. The van der Waals surface area contributed by atoms with Crippen LogP contribution in [0.5, 0.6) is 5.75 Å². The summed E-state index contributed by atoms with van der Waals surface area (Å²) < 4.78 is 34.7. The lowest BCUT2D eigenvalue weighted by Gasteiger charge is -2.18. The quantitative estimate of drug-likeness (QED) is 0.542. The molecule has 1 aliphatic heterocycles. The first-order valence-corrected chi connectivity index (χ1v) is 11.8. The number of methoxy groups -OCH3 is 1. The lowest BCUT2D eigenvalue weighted by Crippen LogP contribution is -2.29. The minimum atomic E-state index is -3.70. The van der Waals surface area contributed by atoms with Crippen LogP contribution in [0.15, 0.2) is 53.7 Å². The molecule has 2 aromatic carbocycles. The topological polar surface area (TPSA) is 93.5 Å². The molecule has 0 unspecified atom stereocenters. The standard InChI is InChI=1S/C22H26N4O4S/c1-30-20-10-9-17(15-21(20)31(28,29)26-13-4-5-14-26)22(27)23-11-6-12-25-16-24-18-7-2-3-8-19(18)25/h2-3,7-10,15-16H,4-6,11-14H2,1H3,(H,23,27). The first-order valence-electron chi connectivity index (χ1n) is 10.4. The van der Waals surface area contributed by atoms with E-state index in [1.54, 1.807) is 12.4 Å². The first-order chi connectivity index (χ1) is 15.0. The van der Waals surface area contributed by atoms with Crippen molar-refractivity contribution in [2.24, 2.45) is 0 Å². The van der Waals surface area contributed by atoms with E-state index in [4.69, 9.17) is 4.74 Å². The highest BCUT2D eigenvalue weighted by atomic mass is 32.2. The van der Waals surface area contributed by atoms with Crippen molar-refractivity contribution in [2.75, 3.05) is 26.7 Å². The van der Waals surface area contributed by atoms with Gasteiger partial charge in [0, 0.05) is 31.7 Å². The van der Waals surface area contributed by atoms with Crippen LogP contribution < -0.4 is 10.1 Å². The molecule has 8 nitrogen and oxygen atoms in total. The molecular formula is C22H26N4O4S. The third-order valence-electron chi connectivity index (χ3n) is 5.50. The molecule has 0 atom stereocenters. The van der Waals surface area contributed by atoms with Crippen molar-refractivity contribution in [3.8, 4) is 5.75 Å². The molecule has 1 amide bonds. The molecule has 0 spiro atoms. The van der Waals surface area contributed by atoms with E-state index in [1.165, 1.54) is 23.5 Å². The molecule has 0 aliphatic carbocycles. The van der Waals surface area contributed by atoms with E-state index in [9.17, 15) is 13.2 Å². The van der Waals surface area contributed by atoms with Gasteiger partial charge in [-0.05, 0) is 49.6 Å². The van der Waals surface area contributed by atoms with Crippen molar-refractivity contribution < 1.29 is 17.9 Å². The zero-order valence-electron chi connectivity index (χ0n) is 17.5. The summed E-state index contributed by atoms with van der Waals surface area (Å²) in [6.07, 6.45) is 4.20. The van der Waals surface area contributed by atoms with Crippen LogP contribution in [-0.4, -0.2) is 54.9 Å². The Balaban J connectivity index is 1.41. The van der Waals surface area contributed by atoms with Gasteiger partial charge in [-0.15, -0.1) is 0 Å². The van der Waals surface area contributed by atoms with E-state index < -0.39 is 10.0 Å². The summed E-state index contributed by atoms with van der Waals surface area (Å²) in [4.78, 5) is 17.0. The van der Waals surface area contributed by atoms with Crippen LogP contribution in [0, 0.1) is 0 Å². The summed E-state index contributed by atoms with van der Waals surface area (Å²) in [5, 5.41) is 2.87. The van der Waals surface area contributed by atoms with Crippen LogP contribution in [0.2, 0.25) is 0 Å². The van der Waals surface area contributed by atoms with Gasteiger partial charge in [-0.25, -0.2) is 13.4 Å². The number of hydrogen-bond donors (Lipinski definition) is 1. The molecule has 4 rings (SSSR count). The van der Waals surface area contributed by atoms with Gasteiger partial charge >= 0.3 is 0 Å². The molecule has 0 bridgehead atoms. The van der Waals surface area contributed by atoms with Gasteiger partial charge in [0.1, 0.15) is 10.6 Å². The molecule has 2 heterocycles. The number of rotatable bonds is 8. The zero-order chi connectivity index (χ0) is 21.8. The molecular weight excluding hydrogens is 416 g/mol. The molecule has 1 aliphatic rings. The van der Waals surface area contributed by atoms with Crippen LogP contribution in [0.4, 0.5) is 0 Å². The number of amides is 1. The fraction of sp³-hybridized carbons (Fsp3) is 0.364. The number of nitrogens with zero attached hydrogens (tertiary/aromatic N) is 3. The Bertz CT molecular complexity index is 1180. The van der Waals surface area contributed by atoms with E-state index >= 15 is 0 Å². The Kier molecular flexibility index (Phi) is 6.24. The predicted octanol–water partition coefficient (Wildman–Crippen LogP) is 2.65. The Morgan fingerprint density at radius 3 is 2.71 bits per heavy atom. The average molecular weight is 443 g/mol.